The first-order chi connectivity index (χ1) is 6.83. The first-order valence-electron chi connectivity index (χ1n) is 4.62. The highest BCUT2D eigenvalue weighted by molar-refractivity contribution is 5.44. The van der Waals surface area contributed by atoms with Crippen molar-refractivity contribution in [2.75, 3.05) is 25.0 Å². The molecule has 4 nitrogen and oxygen atoms in total. The lowest BCUT2D eigenvalue weighted by Crippen LogP contribution is -2.57. The summed E-state index contributed by atoms with van der Waals surface area (Å²) < 4.78 is 0. The molecular weight excluding hydrogens is 176 g/mol. The Bertz CT molecular complexity index is 345. The molecule has 0 unspecified atom stereocenters. The molecule has 0 amide bonds. The molecule has 1 N–H and O–H groups in total. The maximum atomic E-state index is 8.60. The molecule has 14 heavy (non-hydrogen) atoms. The van der Waals surface area contributed by atoms with Crippen molar-refractivity contribution in [3.63, 3.8) is 0 Å². The van der Waals surface area contributed by atoms with Crippen LogP contribution in [0, 0.1) is 11.3 Å². The minimum atomic E-state index is 0.576. The zero-order valence-corrected chi connectivity index (χ0v) is 8.07. The average molecular weight is 188 g/mol. The summed E-state index contributed by atoms with van der Waals surface area (Å²) in [7, 11) is 1.97. The van der Waals surface area contributed by atoms with E-state index >= 15 is 0 Å². The molecule has 0 spiro atoms. The normalized spacial score (nSPS) is 16.1. The van der Waals surface area contributed by atoms with E-state index < -0.39 is 0 Å². The summed E-state index contributed by atoms with van der Waals surface area (Å²) in [6, 6.07) is 6.33. The Balaban J connectivity index is 2.02. The van der Waals surface area contributed by atoms with Crippen LogP contribution in [0.1, 0.15) is 5.56 Å². The number of aromatic nitrogens is 1. The van der Waals surface area contributed by atoms with Crippen LogP contribution in [0.5, 0.6) is 0 Å². The van der Waals surface area contributed by atoms with Gasteiger partial charge in [0, 0.05) is 25.3 Å². The van der Waals surface area contributed by atoms with Crippen LogP contribution in [0.3, 0.4) is 0 Å². The summed E-state index contributed by atoms with van der Waals surface area (Å²) in [5, 5.41) is 11.8. The number of rotatable bonds is 2. The van der Waals surface area contributed by atoms with Crippen molar-refractivity contribution in [1.29, 1.82) is 5.26 Å². The van der Waals surface area contributed by atoms with Crippen molar-refractivity contribution in [3.8, 4) is 6.07 Å². The second kappa shape index (κ2) is 3.64. The Labute approximate surface area is 83.2 Å². The van der Waals surface area contributed by atoms with Crippen LogP contribution in [0.4, 0.5) is 5.82 Å². The summed E-state index contributed by atoms with van der Waals surface area (Å²) in [5.41, 5.74) is 0.611. The Morgan fingerprint density at radius 1 is 1.57 bits per heavy atom. The summed E-state index contributed by atoms with van der Waals surface area (Å²) in [6.07, 6.45) is 1.61. The number of pyridine rings is 1. The maximum absolute atomic E-state index is 8.60. The zero-order chi connectivity index (χ0) is 9.97. The van der Waals surface area contributed by atoms with E-state index in [-0.39, 0.29) is 0 Å². The van der Waals surface area contributed by atoms with Crippen LogP contribution in [0.15, 0.2) is 18.3 Å². The van der Waals surface area contributed by atoms with Gasteiger partial charge in [0.2, 0.25) is 0 Å². The van der Waals surface area contributed by atoms with Crippen molar-refractivity contribution < 1.29 is 0 Å². The van der Waals surface area contributed by atoms with E-state index in [2.05, 4.69) is 21.3 Å². The first kappa shape index (κ1) is 8.97. The Morgan fingerprint density at radius 3 is 2.86 bits per heavy atom. The predicted octanol–water partition coefficient (Wildman–Crippen LogP) is 0.361. The molecule has 1 aliphatic rings. The minimum absolute atomic E-state index is 0.576. The van der Waals surface area contributed by atoms with Gasteiger partial charge in [-0.25, -0.2) is 4.98 Å². The first-order valence-corrected chi connectivity index (χ1v) is 4.62. The van der Waals surface area contributed by atoms with E-state index in [0.717, 1.165) is 18.9 Å². The minimum Gasteiger partial charge on any atom is -0.353 e. The number of nitrogens with one attached hydrogen (secondary N) is 1. The van der Waals surface area contributed by atoms with E-state index in [1.807, 2.05) is 13.1 Å². The fraction of sp³-hybridized carbons (Fsp3) is 0.400. The largest absolute Gasteiger partial charge is 0.353 e. The van der Waals surface area contributed by atoms with Gasteiger partial charge in [-0.1, -0.05) is 0 Å². The smallest absolute Gasteiger partial charge is 0.128 e. The number of hydrogen-bond donors (Lipinski definition) is 1. The Hall–Kier alpha value is -1.60. The number of nitrogens with zero attached hydrogens (tertiary/aromatic N) is 3. The van der Waals surface area contributed by atoms with Gasteiger partial charge in [-0.3, -0.25) is 0 Å². The topological polar surface area (TPSA) is 52.0 Å². The van der Waals surface area contributed by atoms with Gasteiger partial charge < -0.3 is 10.2 Å². The molecule has 0 saturated carbocycles. The standard InChI is InChI=1S/C10H12N4/c1-12-9-6-14(7-9)10-3-2-8(4-11)5-13-10/h2-3,5,9,12H,6-7H2,1H3. The molecule has 0 aliphatic carbocycles. The number of anilines is 1. The molecule has 2 rings (SSSR count). The molecule has 1 aromatic rings. The van der Waals surface area contributed by atoms with Gasteiger partial charge in [0.15, 0.2) is 0 Å². The second-order valence-electron chi connectivity index (χ2n) is 3.41. The van der Waals surface area contributed by atoms with E-state index in [9.17, 15) is 0 Å². The highest BCUT2D eigenvalue weighted by Gasteiger charge is 2.25. The molecule has 0 aromatic carbocycles. The number of likely N-dealkylation sites (N-methyl/N-ethyl adjacent to an activating group) is 1. The molecule has 0 radical (unpaired) electrons. The van der Waals surface area contributed by atoms with Crippen molar-refractivity contribution in [3.05, 3.63) is 23.9 Å². The zero-order valence-electron chi connectivity index (χ0n) is 8.07. The van der Waals surface area contributed by atoms with Gasteiger partial charge in [-0.05, 0) is 19.2 Å². The van der Waals surface area contributed by atoms with Crippen LogP contribution in [-0.2, 0) is 0 Å². The van der Waals surface area contributed by atoms with E-state index in [4.69, 9.17) is 5.26 Å². The Kier molecular flexibility index (Phi) is 2.33. The molecule has 0 atom stereocenters. The van der Waals surface area contributed by atoms with Crippen molar-refractivity contribution in [2.24, 2.45) is 0 Å². The van der Waals surface area contributed by atoms with E-state index in [0.29, 0.717) is 11.6 Å². The summed E-state index contributed by atoms with van der Waals surface area (Å²) in [5.74, 6) is 0.954. The average Bonchev–Trinajstić information content (AvgIpc) is 2.17. The molecule has 1 aromatic heterocycles. The van der Waals surface area contributed by atoms with Gasteiger partial charge in [-0.15, -0.1) is 0 Å². The third-order valence-electron chi connectivity index (χ3n) is 2.49. The molecule has 72 valence electrons. The van der Waals surface area contributed by atoms with Gasteiger partial charge >= 0.3 is 0 Å². The van der Waals surface area contributed by atoms with Gasteiger partial charge in [0.25, 0.3) is 0 Å². The van der Waals surface area contributed by atoms with E-state index in [1.165, 1.54) is 0 Å². The highest BCUT2D eigenvalue weighted by Crippen LogP contribution is 2.17. The SMILES string of the molecule is CNC1CN(c2ccc(C#N)cn2)C1. The van der Waals surface area contributed by atoms with Crippen LogP contribution in [0.2, 0.25) is 0 Å². The van der Waals surface area contributed by atoms with Gasteiger partial charge in [0.05, 0.1) is 5.56 Å². The van der Waals surface area contributed by atoms with Gasteiger partial charge in [-0.2, -0.15) is 5.26 Å². The lowest BCUT2D eigenvalue weighted by Gasteiger charge is -2.39. The third kappa shape index (κ3) is 1.54. The molecule has 4 heteroatoms. The summed E-state index contributed by atoms with van der Waals surface area (Å²) in [4.78, 5) is 6.40. The summed E-state index contributed by atoms with van der Waals surface area (Å²) in [6.45, 7) is 1.99. The van der Waals surface area contributed by atoms with Crippen LogP contribution in [0.25, 0.3) is 0 Å². The van der Waals surface area contributed by atoms with Crippen molar-refractivity contribution in [2.45, 2.75) is 6.04 Å². The number of hydrogen-bond acceptors (Lipinski definition) is 4. The quantitative estimate of drug-likeness (QED) is 0.728. The van der Waals surface area contributed by atoms with Crippen LogP contribution >= 0.6 is 0 Å². The van der Waals surface area contributed by atoms with E-state index in [1.54, 1.807) is 12.3 Å². The molecule has 1 fully saturated rings. The predicted molar refractivity (Wildman–Crippen MR) is 54.0 cm³/mol. The molecule has 0 bridgehead atoms. The lowest BCUT2D eigenvalue weighted by molar-refractivity contribution is 0.447. The van der Waals surface area contributed by atoms with Gasteiger partial charge in [0.1, 0.15) is 11.9 Å². The van der Waals surface area contributed by atoms with Crippen LogP contribution in [-0.4, -0.2) is 31.2 Å². The lowest BCUT2D eigenvalue weighted by atomic mass is 10.1. The van der Waals surface area contributed by atoms with Crippen molar-refractivity contribution in [1.82, 2.24) is 10.3 Å². The van der Waals surface area contributed by atoms with Crippen LogP contribution < -0.4 is 10.2 Å². The fourth-order valence-corrected chi connectivity index (χ4v) is 1.49. The fourth-order valence-electron chi connectivity index (χ4n) is 1.49. The highest BCUT2D eigenvalue weighted by atomic mass is 15.3. The second-order valence-corrected chi connectivity index (χ2v) is 3.41. The van der Waals surface area contributed by atoms with Crippen molar-refractivity contribution >= 4 is 5.82 Å². The maximum Gasteiger partial charge on any atom is 0.128 e. The summed E-state index contributed by atoms with van der Waals surface area (Å²) >= 11 is 0. The number of nitriles is 1. The molecule has 2 heterocycles. The molecular formula is C10H12N4. The third-order valence-corrected chi connectivity index (χ3v) is 2.49. The Morgan fingerprint density at radius 2 is 2.36 bits per heavy atom. The molecule has 1 saturated heterocycles. The molecule has 1 aliphatic heterocycles. The monoisotopic (exact) mass is 188 g/mol.